The third-order valence-electron chi connectivity index (χ3n) is 3.83. The monoisotopic (exact) mass is 340 g/mol. The predicted octanol–water partition coefficient (Wildman–Crippen LogP) is 3.17. The third-order valence-corrected chi connectivity index (χ3v) is 4.57. The van der Waals surface area contributed by atoms with Crippen molar-refractivity contribution in [1.29, 1.82) is 0 Å². The Bertz CT molecular complexity index is 417. The zero-order chi connectivity index (χ0) is 14.4. The number of halogens is 1. The molecule has 4 heteroatoms. The summed E-state index contributed by atoms with van der Waals surface area (Å²) < 4.78 is 6.92. The van der Waals surface area contributed by atoms with Crippen LogP contribution in [0.2, 0.25) is 0 Å². The first-order valence-electron chi connectivity index (χ1n) is 7.48. The Hall–Kier alpha value is -0.420. The highest BCUT2D eigenvalue weighted by Gasteiger charge is 2.19. The number of nitrogens with zero attached hydrogens (tertiary/aromatic N) is 1. The minimum atomic E-state index is 0.470. The van der Waals surface area contributed by atoms with Crippen LogP contribution in [0, 0.1) is 0 Å². The first-order valence-corrected chi connectivity index (χ1v) is 8.28. The van der Waals surface area contributed by atoms with Crippen LogP contribution < -0.4 is 5.32 Å². The number of nitrogens with one attached hydrogen (secondary N) is 1. The van der Waals surface area contributed by atoms with Gasteiger partial charge in [-0.2, -0.15) is 0 Å². The van der Waals surface area contributed by atoms with Gasteiger partial charge in [0.1, 0.15) is 0 Å². The average molecular weight is 341 g/mol. The fourth-order valence-electron chi connectivity index (χ4n) is 2.74. The van der Waals surface area contributed by atoms with E-state index < -0.39 is 0 Å². The molecule has 1 heterocycles. The number of hydrogen-bond acceptors (Lipinski definition) is 3. The molecule has 0 saturated carbocycles. The largest absolute Gasteiger partial charge is 0.378 e. The number of rotatable bonds is 6. The molecular formula is C16H25BrN2O. The zero-order valence-electron chi connectivity index (χ0n) is 12.5. The van der Waals surface area contributed by atoms with E-state index in [0.717, 1.165) is 45.6 Å². The van der Waals surface area contributed by atoms with Crippen molar-refractivity contribution in [3.05, 3.63) is 33.8 Å². The summed E-state index contributed by atoms with van der Waals surface area (Å²) in [5.41, 5.74) is 2.69. The number of likely N-dealkylation sites (tertiary alicyclic amines) is 1. The molecule has 0 aliphatic carbocycles. The van der Waals surface area contributed by atoms with Crippen molar-refractivity contribution in [1.82, 2.24) is 10.2 Å². The fraction of sp³-hybridized carbons (Fsp3) is 0.625. The summed E-state index contributed by atoms with van der Waals surface area (Å²) in [6.45, 7) is 7.13. The SMILES string of the molecule is CCOC1CCN(Cc2ccc(CNC)cc2Br)CC1. The van der Waals surface area contributed by atoms with E-state index in [4.69, 9.17) is 4.74 Å². The minimum Gasteiger partial charge on any atom is -0.378 e. The Labute approximate surface area is 130 Å². The number of piperidine rings is 1. The maximum atomic E-state index is 5.70. The van der Waals surface area contributed by atoms with Crippen molar-refractivity contribution in [2.45, 2.75) is 39.0 Å². The molecule has 0 unspecified atom stereocenters. The number of benzene rings is 1. The maximum absolute atomic E-state index is 5.70. The quantitative estimate of drug-likeness (QED) is 0.860. The molecule has 20 heavy (non-hydrogen) atoms. The van der Waals surface area contributed by atoms with Crippen molar-refractivity contribution >= 4 is 15.9 Å². The summed E-state index contributed by atoms with van der Waals surface area (Å²) in [6, 6.07) is 6.67. The van der Waals surface area contributed by atoms with Crippen LogP contribution in [0.4, 0.5) is 0 Å². The summed E-state index contributed by atoms with van der Waals surface area (Å²) in [7, 11) is 1.98. The molecular weight excluding hydrogens is 316 g/mol. The molecule has 112 valence electrons. The smallest absolute Gasteiger partial charge is 0.0599 e. The second-order valence-electron chi connectivity index (χ2n) is 5.39. The van der Waals surface area contributed by atoms with Crippen molar-refractivity contribution < 1.29 is 4.74 Å². The van der Waals surface area contributed by atoms with Gasteiger partial charge in [-0.15, -0.1) is 0 Å². The molecule has 0 radical (unpaired) electrons. The summed E-state index contributed by atoms with van der Waals surface area (Å²) in [5.74, 6) is 0. The first-order chi connectivity index (χ1) is 9.72. The Morgan fingerprint density at radius 2 is 2.10 bits per heavy atom. The van der Waals surface area contributed by atoms with Crippen molar-refractivity contribution in [2.24, 2.45) is 0 Å². The van der Waals surface area contributed by atoms with Gasteiger partial charge < -0.3 is 10.1 Å². The maximum Gasteiger partial charge on any atom is 0.0599 e. The molecule has 1 saturated heterocycles. The molecule has 1 aliphatic heterocycles. The van der Waals surface area contributed by atoms with Gasteiger partial charge in [-0.1, -0.05) is 28.1 Å². The Balaban J connectivity index is 1.88. The van der Waals surface area contributed by atoms with Crippen molar-refractivity contribution in [3.63, 3.8) is 0 Å². The van der Waals surface area contributed by atoms with Crippen LogP contribution in [-0.4, -0.2) is 37.7 Å². The van der Waals surface area contributed by atoms with E-state index in [1.54, 1.807) is 0 Å². The molecule has 1 aliphatic rings. The highest BCUT2D eigenvalue weighted by molar-refractivity contribution is 9.10. The number of ether oxygens (including phenoxy) is 1. The van der Waals surface area contributed by atoms with Crippen LogP contribution in [-0.2, 0) is 17.8 Å². The lowest BCUT2D eigenvalue weighted by Crippen LogP contribution is -2.36. The van der Waals surface area contributed by atoms with Crippen molar-refractivity contribution in [2.75, 3.05) is 26.7 Å². The lowest BCUT2D eigenvalue weighted by molar-refractivity contribution is 0.0125. The second kappa shape index (κ2) is 8.13. The molecule has 1 fully saturated rings. The molecule has 2 rings (SSSR count). The highest BCUT2D eigenvalue weighted by Crippen LogP contribution is 2.22. The van der Waals surface area contributed by atoms with Crippen LogP contribution in [0.3, 0.4) is 0 Å². The van der Waals surface area contributed by atoms with Gasteiger partial charge in [0.25, 0.3) is 0 Å². The van der Waals surface area contributed by atoms with Gasteiger partial charge in [0.15, 0.2) is 0 Å². The van der Waals surface area contributed by atoms with Crippen LogP contribution in [0.1, 0.15) is 30.9 Å². The fourth-order valence-corrected chi connectivity index (χ4v) is 3.30. The van der Waals surface area contributed by atoms with Crippen molar-refractivity contribution in [3.8, 4) is 0 Å². The van der Waals surface area contributed by atoms with Crippen LogP contribution in [0.15, 0.2) is 22.7 Å². The molecule has 3 nitrogen and oxygen atoms in total. The molecule has 0 bridgehead atoms. The molecule has 0 spiro atoms. The Morgan fingerprint density at radius 3 is 2.70 bits per heavy atom. The van der Waals surface area contributed by atoms with Gasteiger partial charge in [0.05, 0.1) is 6.10 Å². The molecule has 0 atom stereocenters. The lowest BCUT2D eigenvalue weighted by Gasteiger charge is -2.32. The van der Waals surface area contributed by atoms with Gasteiger partial charge in [0, 0.05) is 37.3 Å². The van der Waals surface area contributed by atoms with E-state index in [0.29, 0.717) is 6.10 Å². The van der Waals surface area contributed by atoms with E-state index in [-0.39, 0.29) is 0 Å². The average Bonchev–Trinajstić information content (AvgIpc) is 2.44. The van der Waals surface area contributed by atoms with Crippen LogP contribution >= 0.6 is 15.9 Å². The van der Waals surface area contributed by atoms with Crippen LogP contribution in [0.5, 0.6) is 0 Å². The topological polar surface area (TPSA) is 24.5 Å². The van der Waals surface area contributed by atoms with Gasteiger partial charge in [-0.25, -0.2) is 0 Å². The Morgan fingerprint density at radius 1 is 1.35 bits per heavy atom. The summed E-state index contributed by atoms with van der Waals surface area (Å²) >= 11 is 3.70. The van der Waals surface area contributed by atoms with Gasteiger partial charge in [-0.05, 0) is 44.0 Å². The van der Waals surface area contributed by atoms with E-state index in [1.807, 2.05) is 7.05 Å². The number of hydrogen-bond donors (Lipinski definition) is 1. The summed E-state index contributed by atoms with van der Waals surface area (Å²) in [6.07, 6.45) is 2.78. The first kappa shape index (κ1) is 16.0. The summed E-state index contributed by atoms with van der Waals surface area (Å²) in [4.78, 5) is 2.52. The van der Waals surface area contributed by atoms with Crippen LogP contribution in [0.25, 0.3) is 0 Å². The van der Waals surface area contributed by atoms with E-state index >= 15 is 0 Å². The van der Waals surface area contributed by atoms with Gasteiger partial charge in [-0.3, -0.25) is 4.90 Å². The Kier molecular flexibility index (Phi) is 6.49. The molecule has 0 amide bonds. The second-order valence-corrected chi connectivity index (χ2v) is 6.24. The normalized spacial score (nSPS) is 17.6. The standard InChI is InChI=1S/C16H25BrN2O/c1-3-20-15-6-8-19(9-7-15)12-14-5-4-13(11-18-2)10-16(14)17/h4-5,10,15,18H,3,6-9,11-12H2,1-2H3. The third kappa shape index (κ3) is 4.55. The zero-order valence-corrected chi connectivity index (χ0v) is 14.1. The van der Waals surface area contributed by atoms with E-state index in [2.05, 4.69) is 51.3 Å². The van der Waals surface area contributed by atoms with Gasteiger partial charge in [0.2, 0.25) is 0 Å². The molecule has 1 aromatic carbocycles. The van der Waals surface area contributed by atoms with E-state index in [1.165, 1.54) is 15.6 Å². The minimum absolute atomic E-state index is 0.470. The lowest BCUT2D eigenvalue weighted by atomic mass is 10.1. The van der Waals surface area contributed by atoms with E-state index in [9.17, 15) is 0 Å². The molecule has 1 N–H and O–H groups in total. The summed E-state index contributed by atoms with van der Waals surface area (Å²) in [5, 5.41) is 3.18. The highest BCUT2D eigenvalue weighted by atomic mass is 79.9. The molecule has 1 aromatic rings. The molecule has 0 aromatic heterocycles. The van der Waals surface area contributed by atoms with Gasteiger partial charge >= 0.3 is 0 Å². The predicted molar refractivity (Wildman–Crippen MR) is 86.8 cm³/mol.